The Bertz CT molecular complexity index is 735. The average molecular weight is 298 g/mol. The summed E-state index contributed by atoms with van der Waals surface area (Å²) in [5, 5.41) is 0. The maximum atomic E-state index is 14.0. The van der Waals surface area contributed by atoms with E-state index in [4.69, 9.17) is 9.47 Å². The normalized spacial score (nSPS) is 16.4. The van der Waals surface area contributed by atoms with Crippen molar-refractivity contribution < 1.29 is 18.7 Å². The minimum absolute atomic E-state index is 0.176. The van der Waals surface area contributed by atoms with E-state index < -0.39 is 5.82 Å². The van der Waals surface area contributed by atoms with Crippen LogP contribution in [0, 0.1) is 5.82 Å². The van der Waals surface area contributed by atoms with Crippen LogP contribution in [0.2, 0.25) is 0 Å². The number of halogens is 1. The van der Waals surface area contributed by atoms with Crippen LogP contribution in [-0.2, 0) is 9.53 Å². The van der Waals surface area contributed by atoms with Crippen molar-refractivity contribution in [3.8, 4) is 5.75 Å². The van der Waals surface area contributed by atoms with E-state index in [0.717, 1.165) is 5.56 Å². The molecular weight excluding hydrogens is 283 g/mol. The number of hydrogen-bond acceptors (Lipinski definition) is 3. The van der Waals surface area contributed by atoms with E-state index in [0.29, 0.717) is 29.7 Å². The molecule has 0 saturated carbocycles. The fourth-order valence-corrected chi connectivity index (χ4v) is 2.60. The van der Waals surface area contributed by atoms with Crippen molar-refractivity contribution in [1.29, 1.82) is 0 Å². The smallest absolute Gasteiger partial charge is 0.334 e. The first kappa shape index (κ1) is 14.3. The molecule has 0 amide bonds. The Hall–Kier alpha value is -2.62. The van der Waals surface area contributed by atoms with E-state index in [-0.39, 0.29) is 11.7 Å². The Morgan fingerprint density at radius 3 is 2.50 bits per heavy atom. The Balaban J connectivity index is 2.19. The van der Waals surface area contributed by atoms with E-state index in [2.05, 4.69) is 0 Å². The predicted octanol–water partition coefficient (Wildman–Crippen LogP) is 3.58. The number of esters is 1. The summed E-state index contributed by atoms with van der Waals surface area (Å²) >= 11 is 0. The van der Waals surface area contributed by atoms with Gasteiger partial charge in [0, 0.05) is 12.0 Å². The molecule has 2 aromatic carbocycles. The van der Waals surface area contributed by atoms with Gasteiger partial charge >= 0.3 is 5.97 Å². The molecule has 0 radical (unpaired) electrons. The summed E-state index contributed by atoms with van der Waals surface area (Å²) in [6.07, 6.45) is 0.525. The summed E-state index contributed by atoms with van der Waals surface area (Å²) in [5.41, 5.74) is 2.79. The number of cyclic esters (lactones) is 1. The van der Waals surface area contributed by atoms with Crippen LogP contribution >= 0.6 is 0 Å². The van der Waals surface area contributed by atoms with E-state index in [9.17, 15) is 9.18 Å². The molecule has 0 aliphatic carbocycles. The number of ether oxygens (including phenoxy) is 2. The fraction of sp³-hybridized carbons (Fsp3) is 0.167. The molecule has 3 nitrogen and oxygen atoms in total. The summed E-state index contributed by atoms with van der Waals surface area (Å²) in [4.78, 5) is 12.0. The van der Waals surface area contributed by atoms with Crippen molar-refractivity contribution in [2.24, 2.45) is 0 Å². The molecular formula is C18H15FO3. The molecule has 0 bridgehead atoms. The molecule has 1 heterocycles. The second-order valence-electron chi connectivity index (χ2n) is 4.95. The first-order chi connectivity index (χ1) is 10.7. The highest BCUT2D eigenvalue weighted by Crippen LogP contribution is 2.33. The Morgan fingerprint density at radius 2 is 1.91 bits per heavy atom. The average Bonchev–Trinajstić information content (AvgIpc) is 2.95. The zero-order chi connectivity index (χ0) is 15.5. The van der Waals surface area contributed by atoms with Crippen LogP contribution in [0.3, 0.4) is 0 Å². The highest BCUT2D eigenvalue weighted by atomic mass is 19.1. The van der Waals surface area contributed by atoms with Crippen LogP contribution in [0.25, 0.3) is 5.57 Å². The van der Waals surface area contributed by atoms with Crippen LogP contribution in [0.1, 0.15) is 17.5 Å². The van der Waals surface area contributed by atoms with Crippen molar-refractivity contribution >= 4 is 11.5 Å². The molecule has 1 aliphatic rings. The van der Waals surface area contributed by atoms with E-state index in [1.165, 1.54) is 13.2 Å². The molecule has 112 valence electrons. The lowest BCUT2D eigenvalue weighted by molar-refractivity contribution is -0.135. The van der Waals surface area contributed by atoms with E-state index >= 15 is 0 Å². The number of rotatable bonds is 3. The van der Waals surface area contributed by atoms with Gasteiger partial charge in [0.15, 0.2) is 11.6 Å². The highest BCUT2D eigenvalue weighted by molar-refractivity contribution is 6.03. The van der Waals surface area contributed by atoms with Crippen molar-refractivity contribution in [3.63, 3.8) is 0 Å². The zero-order valence-electron chi connectivity index (χ0n) is 12.1. The van der Waals surface area contributed by atoms with Crippen LogP contribution in [-0.4, -0.2) is 19.7 Å². The standard InChI is InChI=1S/C18H15FO3/c1-21-16-8-7-13(11-15(16)19)17(12-5-3-2-4-6-12)14-9-10-22-18(14)20/h2-8,11H,9-10H2,1H3/b17-14-. The van der Waals surface area contributed by atoms with Gasteiger partial charge in [0.05, 0.1) is 13.7 Å². The van der Waals surface area contributed by atoms with Gasteiger partial charge in [0.25, 0.3) is 0 Å². The minimum atomic E-state index is -0.458. The third-order valence-electron chi connectivity index (χ3n) is 3.64. The van der Waals surface area contributed by atoms with Gasteiger partial charge in [-0.15, -0.1) is 0 Å². The van der Waals surface area contributed by atoms with E-state index in [1.807, 2.05) is 30.3 Å². The lowest BCUT2D eigenvalue weighted by Gasteiger charge is -2.12. The molecule has 1 fully saturated rings. The molecule has 0 spiro atoms. The van der Waals surface area contributed by atoms with Gasteiger partial charge in [-0.1, -0.05) is 36.4 Å². The maximum Gasteiger partial charge on any atom is 0.334 e. The number of carbonyl (C=O) groups is 1. The van der Waals surface area contributed by atoms with Gasteiger partial charge in [0.2, 0.25) is 0 Å². The molecule has 3 rings (SSSR count). The number of benzene rings is 2. The molecule has 1 saturated heterocycles. The van der Waals surface area contributed by atoms with Crippen molar-refractivity contribution in [3.05, 3.63) is 71.0 Å². The van der Waals surface area contributed by atoms with Gasteiger partial charge in [0.1, 0.15) is 0 Å². The number of carbonyl (C=O) groups excluding carboxylic acids is 1. The second-order valence-corrected chi connectivity index (χ2v) is 4.95. The van der Waals surface area contributed by atoms with Crippen LogP contribution in [0.4, 0.5) is 4.39 Å². The van der Waals surface area contributed by atoms with Crippen LogP contribution in [0.15, 0.2) is 54.1 Å². The molecule has 0 N–H and O–H groups in total. The highest BCUT2D eigenvalue weighted by Gasteiger charge is 2.25. The molecule has 0 unspecified atom stereocenters. The largest absolute Gasteiger partial charge is 0.494 e. The Morgan fingerprint density at radius 1 is 1.14 bits per heavy atom. The summed E-state index contributed by atoms with van der Waals surface area (Å²) < 4.78 is 24.0. The third-order valence-corrected chi connectivity index (χ3v) is 3.64. The molecule has 2 aromatic rings. The lowest BCUT2D eigenvalue weighted by atomic mass is 9.92. The number of hydrogen-bond donors (Lipinski definition) is 0. The molecule has 4 heteroatoms. The third kappa shape index (κ3) is 2.60. The summed E-state index contributed by atoms with van der Waals surface area (Å²) in [6, 6.07) is 14.2. The first-order valence-electron chi connectivity index (χ1n) is 7.00. The Labute approximate surface area is 128 Å². The predicted molar refractivity (Wildman–Crippen MR) is 81.0 cm³/mol. The topological polar surface area (TPSA) is 35.5 Å². The van der Waals surface area contributed by atoms with Crippen LogP contribution in [0.5, 0.6) is 5.75 Å². The van der Waals surface area contributed by atoms with Gasteiger partial charge in [-0.3, -0.25) is 0 Å². The van der Waals surface area contributed by atoms with E-state index in [1.54, 1.807) is 12.1 Å². The maximum absolute atomic E-state index is 14.0. The second kappa shape index (κ2) is 6.02. The number of methoxy groups -OCH3 is 1. The minimum Gasteiger partial charge on any atom is -0.494 e. The van der Waals surface area contributed by atoms with Gasteiger partial charge in [-0.2, -0.15) is 0 Å². The zero-order valence-corrected chi connectivity index (χ0v) is 12.1. The van der Waals surface area contributed by atoms with Gasteiger partial charge in [-0.05, 0) is 28.8 Å². The molecule has 1 aliphatic heterocycles. The molecule has 0 aromatic heterocycles. The lowest BCUT2D eigenvalue weighted by Crippen LogP contribution is -2.01. The first-order valence-corrected chi connectivity index (χ1v) is 7.00. The van der Waals surface area contributed by atoms with Crippen LogP contribution < -0.4 is 4.74 Å². The van der Waals surface area contributed by atoms with Crippen molar-refractivity contribution in [1.82, 2.24) is 0 Å². The SMILES string of the molecule is COc1ccc(/C(=C2/CCOC2=O)c2ccccc2)cc1F. The van der Waals surface area contributed by atoms with Gasteiger partial charge < -0.3 is 9.47 Å². The summed E-state index contributed by atoms with van der Waals surface area (Å²) in [6.45, 7) is 0.364. The summed E-state index contributed by atoms with van der Waals surface area (Å²) in [7, 11) is 1.42. The molecule has 0 atom stereocenters. The van der Waals surface area contributed by atoms with Gasteiger partial charge in [-0.25, -0.2) is 9.18 Å². The fourth-order valence-electron chi connectivity index (χ4n) is 2.60. The Kier molecular flexibility index (Phi) is 3.92. The molecule has 22 heavy (non-hydrogen) atoms. The summed E-state index contributed by atoms with van der Waals surface area (Å²) in [5.74, 6) is -0.620. The van der Waals surface area contributed by atoms with Crippen molar-refractivity contribution in [2.45, 2.75) is 6.42 Å². The van der Waals surface area contributed by atoms with Crippen molar-refractivity contribution in [2.75, 3.05) is 13.7 Å². The quantitative estimate of drug-likeness (QED) is 0.642. The monoisotopic (exact) mass is 298 g/mol.